The number of Topliss-reactive ketones (excluding diaryl/α,β-unsaturated/α-hetero) is 1. The first-order valence-electron chi connectivity index (χ1n) is 11.2. The predicted molar refractivity (Wildman–Crippen MR) is 133 cm³/mol. The minimum atomic E-state index is -0.618. The van der Waals surface area contributed by atoms with Crippen LogP contribution >= 0.6 is 11.3 Å². The van der Waals surface area contributed by atoms with Gasteiger partial charge in [-0.25, -0.2) is 4.68 Å². The van der Waals surface area contributed by atoms with E-state index < -0.39 is 10.8 Å². The molecule has 9 heteroatoms. The van der Waals surface area contributed by atoms with Crippen LogP contribution in [0.15, 0.2) is 88.2 Å². The van der Waals surface area contributed by atoms with Gasteiger partial charge in [0.2, 0.25) is 0 Å². The fourth-order valence-corrected chi connectivity index (χ4v) is 5.93. The number of nitrogens with one attached hydrogen (secondary N) is 2. The fourth-order valence-electron chi connectivity index (χ4n) is 5.10. The molecule has 0 saturated carbocycles. The van der Waals surface area contributed by atoms with Crippen molar-refractivity contribution in [1.29, 1.82) is 0 Å². The molecular weight excluding hydrogens is 464 g/mol. The maximum Gasteiger partial charge on any atom is 0.277 e. The zero-order chi connectivity index (χ0) is 24.1. The van der Waals surface area contributed by atoms with E-state index in [1.807, 2.05) is 47.8 Å². The predicted octanol–water partition coefficient (Wildman–Crippen LogP) is 5.09. The van der Waals surface area contributed by atoms with E-state index in [1.54, 1.807) is 23.5 Å². The van der Waals surface area contributed by atoms with Gasteiger partial charge in [-0.2, -0.15) is 0 Å². The summed E-state index contributed by atoms with van der Waals surface area (Å²) < 4.78 is 1.47. The molecule has 2 atom stereocenters. The molecule has 1 aliphatic heterocycles. The Bertz CT molecular complexity index is 1530. The number of non-ortho nitro benzene ring substituents is 1. The Morgan fingerprint density at radius 1 is 0.971 bits per heavy atom. The number of anilines is 1. The first-order chi connectivity index (χ1) is 17.0. The van der Waals surface area contributed by atoms with Crippen molar-refractivity contribution in [1.82, 2.24) is 9.78 Å². The van der Waals surface area contributed by atoms with Gasteiger partial charge < -0.3 is 5.32 Å². The number of carbonyl (C=O) groups excluding carboxylic acids is 1. The molecule has 2 aliphatic rings. The maximum atomic E-state index is 13.7. The van der Waals surface area contributed by atoms with Crippen LogP contribution in [0.5, 0.6) is 0 Å². The summed E-state index contributed by atoms with van der Waals surface area (Å²) in [6.07, 6.45) is 1.00. The van der Waals surface area contributed by atoms with Crippen molar-refractivity contribution >= 4 is 28.6 Å². The van der Waals surface area contributed by atoms with Crippen LogP contribution < -0.4 is 10.9 Å². The molecule has 0 radical (unpaired) electrons. The highest BCUT2D eigenvalue weighted by Gasteiger charge is 2.41. The minimum absolute atomic E-state index is 0.0157. The molecule has 6 rings (SSSR count). The lowest BCUT2D eigenvalue weighted by molar-refractivity contribution is -0.384. The Morgan fingerprint density at radius 3 is 2.43 bits per heavy atom. The molecule has 174 valence electrons. The number of thiophene rings is 1. The van der Waals surface area contributed by atoms with Gasteiger partial charge in [-0.3, -0.25) is 24.8 Å². The fraction of sp³-hybridized carbons (Fsp3) is 0.154. The van der Waals surface area contributed by atoms with E-state index in [4.69, 9.17) is 0 Å². The largest absolute Gasteiger partial charge is 0.343 e. The minimum Gasteiger partial charge on any atom is -0.343 e. The molecule has 0 spiro atoms. The summed E-state index contributed by atoms with van der Waals surface area (Å²) in [4.78, 5) is 39.1. The Balaban J connectivity index is 1.52. The highest BCUT2D eigenvalue weighted by Crippen LogP contribution is 2.47. The standard InChI is InChI=1S/C26H20N4O4S/c31-20-14-16(21-7-4-12-35-21)13-19-23(20)22(15-8-10-18(11-9-15)30(33)34)24-25(27-19)28-29(26(24)32)17-5-2-1-3-6-17/h1-12,16,22,27-28H,13-14H2/t16-,22-/m1/s1. The van der Waals surface area contributed by atoms with Gasteiger partial charge in [-0.15, -0.1) is 11.3 Å². The van der Waals surface area contributed by atoms with E-state index >= 15 is 0 Å². The third-order valence-corrected chi connectivity index (χ3v) is 7.72. The Labute approximate surface area is 203 Å². The number of carbonyl (C=O) groups is 1. The van der Waals surface area contributed by atoms with Gasteiger partial charge in [0.15, 0.2) is 5.78 Å². The number of nitro groups is 1. The Kier molecular flexibility index (Phi) is 5.00. The number of allylic oxidation sites excluding steroid dienone is 2. The lowest BCUT2D eigenvalue weighted by Crippen LogP contribution is -2.31. The summed E-state index contributed by atoms with van der Waals surface area (Å²) in [6, 6.07) is 19.4. The molecule has 0 fully saturated rings. The molecule has 2 N–H and O–H groups in total. The summed E-state index contributed by atoms with van der Waals surface area (Å²) in [5, 5.41) is 19.8. The molecule has 3 heterocycles. The van der Waals surface area contributed by atoms with E-state index in [-0.39, 0.29) is 22.9 Å². The third-order valence-electron chi connectivity index (χ3n) is 6.68. The normalized spacial score (nSPS) is 19.1. The maximum absolute atomic E-state index is 13.7. The van der Waals surface area contributed by atoms with Gasteiger partial charge in [0.05, 0.1) is 16.2 Å². The number of aromatic nitrogens is 2. The second kappa shape index (κ2) is 8.21. The molecule has 0 bridgehead atoms. The lowest BCUT2D eigenvalue weighted by atomic mass is 9.74. The van der Waals surface area contributed by atoms with Crippen LogP contribution in [0, 0.1) is 10.1 Å². The van der Waals surface area contributed by atoms with Gasteiger partial charge >= 0.3 is 0 Å². The topological polar surface area (TPSA) is 110 Å². The molecule has 4 aromatic rings. The number of fused-ring (bicyclic) bond motifs is 1. The molecular formula is C26H20N4O4S. The van der Waals surface area contributed by atoms with Crippen LogP contribution in [0.25, 0.3) is 5.69 Å². The van der Waals surface area contributed by atoms with Crippen molar-refractivity contribution in [3.8, 4) is 5.69 Å². The average Bonchev–Trinajstić information content (AvgIpc) is 3.52. The number of rotatable bonds is 4. The zero-order valence-corrected chi connectivity index (χ0v) is 19.2. The molecule has 1 aliphatic carbocycles. The van der Waals surface area contributed by atoms with Crippen molar-refractivity contribution in [2.75, 3.05) is 5.32 Å². The summed E-state index contributed by atoms with van der Waals surface area (Å²) in [5.74, 6) is -0.0260. The Morgan fingerprint density at radius 2 is 1.74 bits per heavy atom. The number of nitro benzene ring substituents is 1. The summed E-state index contributed by atoms with van der Waals surface area (Å²) >= 11 is 1.63. The second-order valence-corrected chi connectivity index (χ2v) is 9.70. The number of para-hydroxylation sites is 1. The number of H-pyrrole nitrogens is 1. The highest BCUT2D eigenvalue weighted by molar-refractivity contribution is 7.10. The molecule has 0 saturated heterocycles. The van der Waals surface area contributed by atoms with Crippen LogP contribution in [-0.2, 0) is 4.79 Å². The van der Waals surface area contributed by atoms with Crippen molar-refractivity contribution in [3.63, 3.8) is 0 Å². The van der Waals surface area contributed by atoms with Gasteiger partial charge in [-0.1, -0.05) is 36.4 Å². The van der Waals surface area contributed by atoms with Crippen molar-refractivity contribution in [2.45, 2.75) is 24.7 Å². The number of hydrogen-bond donors (Lipinski definition) is 2. The molecule has 0 amide bonds. The molecule has 8 nitrogen and oxygen atoms in total. The van der Waals surface area contributed by atoms with E-state index in [9.17, 15) is 19.7 Å². The molecule has 2 aromatic heterocycles. The van der Waals surface area contributed by atoms with Crippen LogP contribution in [0.1, 0.15) is 40.7 Å². The van der Waals surface area contributed by atoms with Gasteiger partial charge in [0.25, 0.3) is 11.2 Å². The van der Waals surface area contributed by atoms with E-state index in [0.29, 0.717) is 41.0 Å². The van der Waals surface area contributed by atoms with Crippen molar-refractivity contribution in [2.24, 2.45) is 0 Å². The number of benzene rings is 2. The van der Waals surface area contributed by atoms with E-state index in [1.165, 1.54) is 16.8 Å². The van der Waals surface area contributed by atoms with Gasteiger partial charge in [0, 0.05) is 46.5 Å². The van der Waals surface area contributed by atoms with E-state index in [2.05, 4.69) is 10.4 Å². The van der Waals surface area contributed by atoms with Crippen LogP contribution in [0.3, 0.4) is 0 Å². The average molecular weight is 485 g/mol. The smallest absolute Gasteiger partial charge is 0.277 e. The molecule has 2 aromatic carbocycles. The number of hydrogen-bond acceptors (Lipinski definition) is 6. The first kappa shape index (κ1) is 21.3. The zero-order valence-electron chi connectivity index (χ0n) is 18.4. The van der Waals surface area contributed by atoms with Gasteiger partial charge in [-0.05, 0) is 35.6 Å². The van der Waals surface area contributed by atoms with Gasteiger partial charge in [0.1, 0.15) is 5.82 Å². The number of ketones is 1. The monoisotopic (exact) mass is 484 g/mol. The third kappa shape index (κ3) is 3.52. The van der Waals surface area contributed by atoms with Crippen LogP contribution in [-0.4, -0.2) is 20.5 Å². The SMILES string of the molecule is O=C1C[C@H](c2cccs2)CC2=C1[C@@H](c1ccc([N+](=O)[O-])cc1)c1c([nH]n(-c3ccccc3)c1=O)N2. The highest BCUT2D eigenvalue weighted by atomic mass is 32.1. The van der Waals surface area contributed by atoms with E-state index in [0.717, 1.165) is 10.6 Å². The molecule has 35 heavy (non-hydrogen) atoms. The molecule has 0 unspecified atom stereocenters. The Hall–Kier alpha value is -4.24. The van der Waals surface area contributed by atoms with Crippen LogP contribution in [0.4, 0.5) is 11.5 Å². The summed E-state index contributed by atoms with van der Waals surface area (Å²) in [6.45, 7) is 0. The summed E-state index contributed by atoms with van der Waals surface area (Å²) in [7, 11) is 0. The number of aromatic amines is 1. The quantitative estimate of drug-likeness (QED) is 0.310. The summed E-state index contributed by atoms with van der Waals surface area (Å²) in [5.41, 5.74) is 2.83. The van der Waals surface area contributed by atoms with Crippen molar-refractivity contribution in [3.05, 3.63) is 120 Å². The van der Waals surface area contributed by atoms with Crippen molar-refractivity contribution < 1.29 is 9.72 Å². The lowest BCUT2D eigenvalue weighted by Gasteiger charge is -2.34. The first-order valence-corrected chi connectivity index (χ1v) is 12.1. The van der Waals surface area contributed by atoms with Crippen LogP contribution in [0.2, 0.25) is 0 Å². The second-order valence-electron chi connectivity index (χ2n) is 8.72. The number of nitrogens with zero attached hydrogens (tertiary/aromatic N) is 2.